The van der Waals surface area contributed by atoms with Crippen LogP contribution in [0.25, 0.3) is 0 Å². The van der Waals surface area contributed by atoms with Crippen LogP contribution in [0, 0.1) is 0 Å². The largest absolute Gasteiger partial charge is 0.468 e. The second kappa shape index (κ2) is 7.50. The lowest BCUT2D eigenvalue weighted by Gasteiger charge is -2.32. The van der Waals surface area contributed by atoms with Gasteiger partial charge in [-0.2, -0.15) is 4.31 Å². The van der Waals surface area contributed by atoms with Crippen molar-refractivity contribution in [1.82, 2.24) is 13.9 Å². The van der Waals surface area contributed by atoms with Crippen molar-refractivity contribution in [2.75, 3.05) is 7.11 Å². The predicted octanol–water partition coefficient (Wildman–Crippen LogP) is 2.28. The van der Waals surface area contributed by atoms with Crippen molar-refractivity contribution in [1.29, 1.82) is 0 Å². The Morgan fingerprint density at radius 2 is 2.04 bits per heavy atom. The Morgan fingerprint density at radius 1 is 1.25 bits per heavy atom. The first kappa shape index (κ1) is 18.9. The number of imidazole rings is 1. The molecule has 3 aromatic rings. The molecule has 0 N–H and O–H groups in total. The first-order valence-corrected chi connectivity index (χ1v) is 11.0. The van der Waals surface area contributed by atoms with E-state index < -0.39 is 22.0 Å². The highest BCUT2D eigenvalue weighted by Crippen LogP contribution is 2.31. The summed E-state index contributed by atoms with van der Waals surface area (Å²) in [6.45, 7) is 0.654. The molecule has 0 amide bonds. The Hall–Kier alpha value is -2.49. The van der Waals surface area contributed by atoms with Crippen LogP contribution in [-0.4, -0.2) is 41.4 Å². The van der Waals surface area contributed by atoms with Crippen LogP contribution < -0.4 is 0 Å². The van der Waals surface area contributed by atoms with E-state index in [2.05, 4.69) is 4.98 Å². The topological polar surface area (TPSA) is 81.5 Å². The number of hydrogen-bond acceptors (Lipinski definition) is 6. The van der Waals surface area contributed by atoms with Gasteiger partial charge in [0, 0.05) is 13.0 Å². The number of ether oxygens (including phenoxy) is 1. The SMILES string of the molecule is COC(=O)[C@@H]1Cc2ncn(Cc3ccccc3)c2CN1S(=O)(=O)c1cccs1. The first-order chi connectivity index (χ1) is 13.5. The molecular formula is C19H19N3O4S2. The lowest BCUT2D eigenvalue weighted by molar-refractivity contribution is -0.145. The van der Waals surface area contributed by atoms with Crippen molar-refractivity contribution in [3.05, 3.63) is 71.1 Å². The van der Waals surface area contributed by atoms with Crippen molar-refractivity contribution in [3.8, 4) is 0 Å². The summed E-state index contributed by atoms with van der Waals surface area (Å²) in [7, 11) is -2.56. The molecule has 1 aliphatic heterocycles. The lowest BCUT2D eigenvalue weighted by atomic mass is 10.1. The molecule has 0 aliphatic carbocycles. The number of sulfonamides is 1. The van der Waals surface area contributed by atoms with Crippen molar-refractivity contribution in [3.63, 3.8) is 0 Å². The van der Waals surface area contributed by atoms with Crippen LogP contribution in [0.3, 0.4) is 0 Å². The normalized spacial score (nSPS) is 17.2. The molecule has 0 radical (unpaired) electrons. The summed E-state index contributed by atoms with van der Waals surface area (Å²) in [4.78, 5) is 16.8. The Kier molecular flexibility index (Phi) is 5.05. The van der Waals surface area contributed by atoms with Crippen LogP contribution >= 0.6 is 11.3 Å². The first-order valence-electron chi connectivity index (χ1n) is 8.70. The molecule has 28 heavy (non-hydrogen) atoms. The number of esters is 1. The van der Waals surface area contributed by atoms with Gasteiger partial charge in [0.2, 0.25) is 0 Å². The summed E-state index contributed by atoms with van der Waals surface area (Å²) in [5.41, 5.74) is 2.61. The van der Waals surface area contributed by atoms with E-state index in [0.717, 1.165) is 28.3 Å². The Labute approximate surface area is 167 Å². The Balaban J connectivity index is 1.72. The molecule has 3 heterocycles. The summed E-state index contributed by atoms with van der Waals surface area (Å²) in [5, 5.41) is 1.70. The van der Waals surface area contributed by atoms with Gasteiger partial charge in [-0.1, -0.05) is 36.4 Å². The Bertz CT molecular complexity index is 1080. The molecule has 1 atom stereocenters. The summed E-state index contributed by atoms with van der Waals surface area (Å²) in [5.74, 6) is -0.580. The van der Waals surface area contributed by atoms with E-state index in [1.54, 1.807) is 23.8 Å². The molecule has 1 aliphatic rings. The average Bonchev–Trinajstić information content (AvgIpc) is 3.38. The van der Waals surface area contributed by atoms with Gasteiger partial charge in [-0.25, -0.2) is 13.4 Å². The zero-order chi connectivity index (χ0) is 19.7. The van der Waals surface area contributed by atoms with Crippen LogP contribution in [-0.2, 0) is 39.1 Å². The maximum Gasteiger partial charge on any atom is 0.324 e. The van der Waals surface area contributed by atoms with Crippen molar-refractivity contribution < 1.29 is 17.9 Å². The van der Waals surface area contributed by atoms with Gasteiger partial charge in [0.1, 0.15) is 10.3 Å². The fraction of sp³-hybridized carbons (Fsp3) is 0.263. The second-order valence-electron chi connectivity index (χ2n) is 6.48. The highest BCUT2D eigenvalue weighted by atomic mass is 32.2. The number of nitrogens with zero attached hydrogens (tertiary/aromatic N) is 3. The summed E-state index contributed by atoms with van der Waals surface area (Å²) in [6.07, 6.45) is 1.89. The van der Waals surface area contributed by atoms with Gasteiger partial charge in [0.05, 0.1) is 31.4 Å². The molecule has 9 heteroatoms. The molecule has 146 valence electrons. The zero-order valence-corrected chi connectivity index (χ0v) is 16.8. The third-order valence-electron chi connectivity index (χ3n) is 4.80. The highest BCUT2D eigenvalue weighted by molar-refractivity contribution is 7.91. The zero-order valence-electron chi connectivity index (χ0n) is 15.2. The number of aromatic nitrogens is 2. The maximum atomic E-state index is 13.2. The number of carbonyl (C=O) groups excluding carboxylic acids is 1. The van der Waals surface area contributed by atoms with Crippen LogP contribution in [0.1, 0.15) is 17.0 Å². The number of methoxy groups -OCH3 is 1. The van der Waals surface area contributed by atoms with E-state index in [4.69, 9.17) is 4.74 Å². The van der Waals surface area contributed by atoms with Gasteiger partial charge >= 0.3 is 5.97 Å². The van der Waals surface area contributed by atoms with Gasteiger partial charge in [0.15, 0.2) is 0 Å². The van der Waals surface area contributed by atoms with E-state index in [9.17, 15) is 13.2 Å². The highest BCUT2D eigenvalue weighted by Gasteiger charge is 2.42. The monoisotopic (exact) mass is 417 g/mol. The van der Waals surface area contributed by atoms with Crippen LogP contribution in [0.2, 0.25) is 0 Å². The molecule has 0 bridgehead atoms. The number of fused-ring (bicyclic) bond motifs is 1. The van der Waals surface area contributed by atoms with Gasteiger partial charge in [0.25, 0.3) is 10.0 Å². The van der Waals surface area contributed by atoms with Gasteiger partial charge in [-0.3, -0.25) is 4.79 Å². The maximum absolute atomic E-state index is 13.2. The minimum atomic E-state index is -3.82. The molecule has 0 fully saturated rings. The van der Waals surface area contributed by atoms with Gasteiger partial charge < -0.3 is 9.30 Å². The minimum absolute atomic E-state index is 0.0716. The van der Waals surface area contributed by atoms with Crippen LogP contribution in [0.15, 0.2) is 58.4 Å². The van der Waals surface area contributed by atoms with Crippen molar-refractivity contribution in [2.45, 2.75) is 29.8 Å². The Morgan fingerprint density at radius 3 is 2.71 bits per heavy atom. The molecule has 2 aromatic heterocycles. The molecule has 0 saturated carbocycles. The smallest absolute Gasteiger partial charge is 0.324 e. The standard InChI is InChI=1S/C19H19N3O4S2/c1-26-19(23)16-10-15-17(12-22(16)28(24,25)18-8-5-9-27-18)21(13-20-15)11-14-6-3-2-4-7-14/h2-9,13,16H,10-12H2,1H3/t16-/m0/s1. The van der Waals surface area contributed by atoms with Crippen LogP contribution in [0.5, 0.6) is 0 Å². The quantitative estimate of drug-likeness (QED) is 0.595. The number of hydrogen-bond donors (Lipinski definition) is 0. The van der Waals surface area contributed by atoms with Crippen molar-refractivity contribution >= 4 is 27.3 Å². The third-order valence-corrected chi connectivity index (χ3v) is 8.03. The molecule has 7 nitrogen and oxygen atoms in total. The minimum Gasteiger partial charge on any atom is -0.468 e. The van der Waals surface area contributed by atoms with Crippen LogP contribution in [0.4, 0.5) is 0 Å². The van der Waals surface area contributed by atoms with E-state index in [1.807, 2.05) is 34.9 Å². The van der Waals surface area contributed by atoms with E-state index >= 15 is 0 Å². The molecule has 4 rings (SSSR count). The number of thiophene rings is 1. The van der Waals surface area contributed by atoms with Gasteiger partial charge in [-0.15, -0.1) is 11.3 Å². The van der Waals surface area contributed by atoms with Crippen molar-refractivity contribution in [2.24, 2.45) is 0 Å². The predicted molar refractivity (Wildman–Crippen MR) is 104 cm³/mol. The van der Waals surface area contributed by atoms with E-state index in [1.165, 1.54) is 11.4 Å². The van der Waals surface area contributed by atoms with E-state index in [0.29, 0.717) is 6.54 Å². The third kappa shape index (κ3) is 3.36. The summed E-state index contributed by atoms with van der Waals surface area (Å²) in [6, 6.07) is 12.2. The molecule has 0 unspecified atom stereocenters. The van der Waals surface area contributed by atoms with E-state index in [-0.39, 0.29) is 17.2 Å². The number of carbonyl (C=O) groups is 1. The number of rotatable bonds is 5. The molecule has 0 spiro atoms. The van der Waals surface area contributed by atoms with Gasteiger partial charge in [-0.05, 0) is 17.0 Å². The second-order valence-corrected chi connectivity index (χ2v) is 9.54. The average molecular weight is 418 g/mol. The molecular weight excluding hydrogens is 398 g/mol. The molecule has 0 saturated heterocycles. The fourth-order valence-corrected chi connectivity index (χ4v) is 6.03. The lowest BCUT2D eigenvalue weighted by Crippen LogP contribution is -2.49. The number of benzene rings is 1. The summed E-state index contributed by atoms with van der Waals surface area (Å²) < 4.78 is 34.6. The molecule has 1 aromatic carbocycles. The summed E-state index contributed by atoms with van der Waals surface area (Å²) >= 11 is 1.13. The fourth-order valence-electron chi connectivity index (χ4n) is 3.38.